The van der Waals surface area contributed by atoms with E-state index >= 15 is 0 Å². The number of para-hydroxylation sites is 1. The number of carbonyl (C=O) groups is 2. The molecule has 3 aliphatic heterocycles. The van der Waals surface area contributed by atoms with E-state index in [1.54, 1.807) is 18.2 Å². The van der Waals surface area contributed by atoms with Crippen molar-refractivity contribution in [1.82, 2.24) is 10.2 Å². The van der Waals surface area contributed by atoms with Gasteiger partial charge in [0.25, 0.3) is 11.8 Å². The molecule has 4 aromatic rings. The Morgan fingerprint density at radius 2 is 1.76 bits per heavy atom. The molecule has 0 aliphatic carbocycles. The Kier molecular flexibility index (Phi) is 5.19. The molecule has 3 aliphatic rings. The number of hydrogen-bond acceptors (Lipinski definition) is 5. The molecule has 2 N–H and O–H groups in total. The molecule has 1 unspecified atom stereocenters. The Labute approximate surface area is 196 Å². The lowest BCUT2D eigenvalue weighted by Gasteiger charge is -2.44. The number of carbonyl (C=O) groups excluding carboxylic acids is 2. The van der Waals surface area contributed by atoms with Crippen molar-refractivity contribution in [1.29, 1.82) is 0 Å². The number of amides is 2. The summed E-state index contributed by atoms with van der Waals surface area (Å²) in [5.41, 5.74) is 3.02. The number of benzene rings is 2. The van der Waals surface area contributed by atoms with Crippen molar-refractivity contribution in [2.45, 2.75) is 18.9 Å². The van der Waals surface area contributed by atoms with Crippen molar-refractivity contribution in [3.63, 3.8) is 0 Å². The average Bonchev–Trinajstić information content (AvgIpc) is 3.55. The second-order valence-corrected chi connectivity index (χ2v) is 9.06. The first-order chi connectivity index (χ1) is 16.6. The maximum Gasteiger partial charge on any atom is 0.291 e. The summed E-state index contributed by atoms with van der Waals surface area (Å²) in [5, 5.41) is 6.92. The second kappa shape index (κ2) is 8.50. The smallest absolute Gasteiger partial charge is 0.291 e. The zero-order valence-electron chi connectivity index (χ0n) is 18.6. The van der Waals surface area contributed by atoms with Gasteiger partial charge in [0.2, 0.25) is 0 Å². The van der Waals surface area contributed by atoms with Crippen LogP contribution in [0, 0.1) is 5.92 Å². The average molecular weight is 456 g/mol. The van der Waals surface area contributed by atoms with E-state index in [0.717, 1.165) is 49.0 Å². The van der Waals surface area contributed by atoms with Gasteiger partial charge >= 0.3 is 0 Å². The van der Waals surface area contributed by atoms with Crippen LogP contribution in [-0.2, 0) is 0 Å². The van der Waals surface area contributed by atoms with Crippen molar-refractivity contribution in [2.24, 2.45) is 5.92 Å². The Morgan fingerprint density at radius 3 is 2.53 bits per heavy atom. The van der Waals surface area contributed by atoms with Crippen LogP contribution in [0.25, 0.3) is 22.1 Å². The van der Waals surface area contributed by atoms with Crippen molar-refractivity contribution >= 4 is 28.5 Å². The van der Waals surface area contributed by atoms with Crippen LogP contribution in [0.2, 0.25) is 0 Å². The van der Waals surface area contributed by atoms with E-state index < -0.39 is 0 Å². The molecule has 0 spiro atoms. The van der Waals surface area contributed by atoms with Crippen LogP contribution in [0.3, 0.4) is 0 Å². The van der Waals surface area contributed by atoms with Gasteiger partial charge in [-0.1, -0.05) is 30.3 Å². The number of fused-ring (bicyclic) bond motifs is 4. The van der Waals surface area contributed by atoms with E-state index in [4.69, 9.17) is 8.83 Å². The molecular weight excluding hydrogens is 430 g/mol. The molecule has 2 aromatic carbocycles. The molecule has 0 saturated carbocycles. The number of piperidine rings is 3. The zero-order chi connectivity index (χ0) is 23.1. The highest BCUT2D eigenvalue weighted by Gasteiger charge is 2.35. The maximum absolute atomic E-state index is 13.0. The third-order valence-corrected chi connectivity index (χ3v) is 6.92. The van der Waals surface area contributed by atoms with Gasteiger partial charge in [-0.05, 0) is 67.7 Å². The fraction of sp³-hybridized carbons (Fsp3) is 0.259. The first-order valence-electron chi connectivity index (χ1n) is 11.6. The lowest BCUT2D eigenvalue weighted by atomic mass is 9.84. The van der Waals surface area contributed by atoms with Crippen LogP contribution in [0.5, 0.6) is 0 Å². The maximum atomic E-state index is 13.0. The third kappa shape index (κ3) is 3.88. The van der Waals surface area contributed by atoms with Crippen LogP contribution < -0.4 is 10.6 Å². The van der Waals surface area contributed by atoms with E-state index in [-0.39, 0.29) is 23.6 Å². The van der Waals surface area contributed by atoms with E-state index in [1.165, 1.54) is 6.26 Å². The molecule has 7 rings (SSSR count). The minimum Gasteiger partial charge on any atom is -0.459 e. The standard InChI is InChI=1S/C27H25N3O4/c31-26(23-8-3-13-33-23)28-20-6-1-4-18(14-20)21-7-2-5-19-15-24(34-25(19)21)27(32)29-22-16-30-11-9-17(22)10-12-30/h1-8,13-15,17,22H,9-12,16H2,(H,28,31)(H,29,32). The second-order valence-electron chi connectivity index (χ2n) is 9.06. The van der Waals surface area contributed by atoms with Crippen molar-refractivity contribution in [2.75, 3.05) is 25.0 Å². The fourth-order valence-electron chi connectivity index (χ4n) is 5.14. The summed E-state index contributed by atoms with van der Waals surface area (Å²) in [4.78, 5) is 27.8. The van der Waals surface area contributed by atoms with E-state index in [9.17, 15) is 9.59 Å². The molecule has 2 bridgehead atoms. The van der Waals surface area contributed by atoms with Gasteiger partial charge in [-0.15, -0.1) is 0 Å². The molecule has 5 heterocycles. The number of nitrogens with one attached hydrogen (secondary N) is 2. The highest BCUT2D eigenvalue weighted by Crippen LogP contribution is 2.33. The Balaban J connectivity index is 1.25. The molecule has 3 saturated heterocycles. The van der Waals surface area contributed by atoms with Crippen LogP contribution in [0.15, 0.2) is 75.8 Å². The Bertz CT molecular complexity index is 1350. The summed E-state index contributed by atoms with van der Waals surface area (Å²) in [7, 11) is 0. The number of nitrogens with zero attached hydrogens (tertiary/aromatic N) is 1. The van der Waals surface area contributed by atoms with Gasteiger partial charge in [0, 0.05) is 29.2 Å². The van der Waals surface area contributed by atoms with Gasteiger partial charge < -0.3 is 24.4 Å². The summed E-state index contributed by atoms with van der Waals surface area (Å²) in [6.45, 7) is 3.18. The summed E-state index contributed by atoms with van der Waals surface area (Å²) >= 11 is 0. The van der Waals surface area contributed by atoms with Gasteiger partial charge in [0.1, 0.15) is 5.58 Å². The van der Waals surface area contributed by atoms with Crippen molar-refractivity contribution in [3.05, 3.63) is 78.4 Å². The van der Waals surface area contributed by atoms with Crippen LogP contribution >= 0.6 is 0 Å². The van der Waals surface area contributed by atoms with Crippen molar-refractivity contribution < 1.29 is 18.4 Å². The molecule has 172 valence electrons. The highest BCUT2D eigenvalue weighted by atomic mass is 16.3. The van der Waals surface area contributed by atoms with Gasteiger partial charge in [0.05, 0.1) is 6.26 Å². The van der Waals surface area contributed by atoms with E-state index in [0.29, 0.717) is 22.9 Å². The van der Waals surface area contributed by atoms with Crippen molar-refractivity contribution in [3.8, 4) is 11.1 Å². The molecule has 2 aromatic heterocycles. The Morgan fingerprint density at radius 1 is 0.912 bits per heavy atom. The van der Waals surface area contributed by atoms with Crippen LogP contribution in [-0.4, -0.2) is 42.4 Å². The van der Waals surface area contributed by atoms with Crippen LogP contribution in [0.1, 0.15) is 34.0 Å². The molecule has 7 nitrogen and oxygen atoms in total. The minimum atomic E-state index is -0.315. The number of anilines is 1. The summed E-state index contributed by atoms with van der Waals surface area (Å²) < 4.78 is 11.3. The molecule has 3 fully saturated rings. The highest BCUT2D eigenvalue weighted by molar-refractivity contribution is 6.03. The lowest BCUT2D eigenvalue weighted by molar-refractivity contribution is 0.0607. The molecule has 0 radical (unpaired) electrons. The van der Waals surface area contributed by atoms with Gasteiger partial charge in [0.15, 0.2) is 11.5 Å². The number of rotatable bonds is 5. The number of hydrogen-bond donors (Lipinski definition) is 2. The van der Waals surface area contributed by atoms with Gasteiger partial charge in [-0.25, -0.2) is 0 Å². The van der Waals surface area contributed by atoms with Gasteiger partial charge in [-0.2, -0.15) is 0 Å². The zero-order valence-corrected chi connectivity index (χ0v) is 18.6. The largest absolute Gasteiger partial charge is 0.459 e. The topological polar surface area (TPSA) is 87.7 Å². The normalized spacial score (nSPS) is 21.5. The molecule has 1 atom stereocenters. The van der Waals surface area contributed by atoms with E-state index in [2.05, 4.69) is 15.5 Å². The third-order valence-electron chi connectivity index (χ3n) is 6.92. The summed E-state index contributed by atoms with van der Waals surface area (Å²) in [6.07, 6.45) is 3.75. The predicted molar refractivity (Wildman–Crippen MR) is 129 cm³/mol. The van der Waals surface area contributed by atoms with Crippen LogP contribution in [0.4, 0.5) is 5.69 Å². The Hall–Kier alpha value is -3.84. The first kappa shape index (κ1) is 20.7. The molecule has 2 amide bonds. The quantitative estimate of drug-likeness (QED) is 0.453. The number of furan rings is 2. The minimum absolute atomic E-state index is 0.166. The molecule has 7 heteroatoms. The van der Waals surface area contributed by atoms with Gasteiger partial charge in [-0.3, -0.25) is 9.59 Å². The first-order valence-corrected chi connectivity index (χ1v) is 11.6. The fourth-order valence-corrected chi connectivity index (χ4v) is 5.14. The predicted octanol–water partition coefficient (Wildman–Crippen LogP) is 4.77. The molecular formula is C27H25N3O4. The monoisotopic (exact) mass is 455 g/mol. The molecule has 34 heavy (non-hydrogen) atoms. The summed E-state index contributed by atoms with van der Waals surface area (Å²) in [5.74, 6) is 0.636. The SMILES string of the molecule is O=C(Nc1cccc(-c2cccc3cc(C(=O)NC4CN5CCC4CC5)oc23)c1)c1ccco1. The summed E-state index contributed by atoms with van der Waals surface area (Å²) in [6, 6.07) is 18.6. The lowest BCUT2D eigenvalue weighted by Crippen LogP contribution is -2.57. The van der Waals surface area contributed by atoms with E-state index in [1.807, 2.05) is 42.5 Å².